The van der Waals surface area contributed by atoms with Crippen molar-refractivity contribution in [2.24, 2.45) is 11.1 Å². The Morgan fingerprint density at radius 3 is 2.38 bits per heavy atom. The van der Waals surface area contributed by atoms with E-state index in [0.717, 1.165) is 0 Å². The first-order valence-corrected chi connectivity index (χ1v) is 7.73. The molecule has 2 amide bonds. The summed E-state index contributed by atoms with van der Waals surface area (Å²) in [6, 6.07) is 5.00. The fourth-order valence-corrected chi connectivity index (χ4v) is 2.59. The minimum Gasteiger partial charge on any atom is -0.481 e. The molecule has 0 saturated carbocycles. The molecule has 0 bridgehead atoms. The zero-order valence-electron chi connectivity index (χ0n) is 11.0. The first-order valence-electron chi connectivity index (χ1n) is 6.19. The van der Waals surface area contributed by atoms with Gasteiger partial charge in [-0.2, -0.15) is 0 Å². The van der Waals surface area contributed by atoms with Gasteiger partial charge in [-0.15, -0.1) is 0 Å². The van der Waals surface area contributed by atoms with Crippen molar-refractivity contribution >= 4 is 27.7 Å². The van der Waals surface area contributed by atoms with E-state index in [-0.39, 0.29) is 11.4 Å². The minimum atomic E-state index is -3.77. The Hall–Kier alpha value is -2.13. The SMILES string of the molecule is NS(=O)(=O)c1ccc(NC(=O)N2CCC(C(=O)O)C2)cc1. The van der Waals surface area contributed by atoms with E-state index in [1.807, 2.05) is 0 Å². The van der Waals surface area contributed by atoms with Crippen LogP contribution in [-0.4, -0.2) is 43.5 Å². The summed E-state index contributed by atoms with van der Waals surface area (Å²) in [5, 5.41) is 16.4. The van der Waals surface area contributed by atoms with Gasteiger partial charge in [0.1, 0.15) is 0 Å². The lowest BCUT2D eigenvalue weighted by Gasteiger charge is -2.16. The fourth-order valence-electron chi connectivity index (χ4n) is 2.08. The summed E-state index contributed by atoms with van der Waals surface area (Å²) in [5.74, 6) is -1.46. The van der Waals surface area contributed by atoms with Gasteiger partial charge in [0.15, 0.2) is 0 Å². The molecule has 0 aliphatic carbocycles. The number of likely N-dealkylation sites (tertiary alicyclic amines) is 1. The van der Waals surface area contributed by atoms with Crippen LogP contribution in [-0.2, 0) is 14.8 Å². The quantitative estimate of drug-likeness (QED) is 0.737. The molecule has 1 unspecified atom stereocenters. The number of hydrogen-bond acceptors (Lipinski definition) is 4. The number of nitrogens with two attached hydrogens (primary N) is 1. The number of amides is 2. The lowest BCUT2D eigenvalue weighted by molar-refractivity contribution is -0.141. The predicted molar refractivity (Wildman–Crippen MR) is 74.1 cm³/mol. The molecule has 0 spiro atoms. The minimum absolute atomic E-state index is 0.0485. The molecule has 1 aromatic carbocycles. The van der Waals surface area contributed by atoms with Gasteiger partial charge >= 0.3 is 12.0 Å². The van der Waals surface area contributed by atoms with Gasteiger partial charge in [-0.1, -0.05) is 0 Å². The number of rotatable bonds is 3. The lowest BCUT2D eigenvalue weighted by atomic mass is 10.1. The summed E-state index contributed by atoms with van der Waals surface area (Å²) in [6.45, 7) is 0.536. The molecular formula is C12H15N3O5S. The number of carboxylic acids is 1. The van der Waals surface area contributed by atoms with E-state index in [1.165, 1.54) is 29.2 Å². The van der Waals surface area contributed by atoms with Crippen LogP contribution in [0.2, 0.25) is 0 Å². The summed E-state index contributed by atoms with van der Waals surface area (Å²) >= 11 is 0. The van der Waals surface area contributed by atoms with Crippen LogP contribution in [0, 0.1) is 5.92 Å². The maximum atomic E-state index is 11.9. The Labute approximate surface area is 121 Å². The molecule has 1 fully saturated rings. The van der Waals surface area contributed by atoms with Gasteiger partial charge in [-0.3, -0.25) is 4.79 Å². The van der Waals surface area contributed by atoms with Gasteiger partial charge in [-0.05, 0) is 30.7 Å². The van der Waals surface area contributed by atoms with Crippen molar-refractivity contribution in [3.8, 4) is 0 Å². The molecule has 1 aliphatic heterocycles. The summed E-state index contributed by atoms with van der Waals surface area (Å²) in [7, 11) is -3.77. The van der Waals surface area contributed by atoms with Crippen LogP contribution < -0.4 is 10.5 Å². The average Bonchev–Trinajstić information content (AvgIpc) is 2.88. The number of nitrogens with one attached hydrogen (secondary N) is 1. The highest BCUT2D eigenvalue weighted by atomic mass is 32.2. The van der Waals surface area contributed by atoms with Crippen molar-refractivity contribution in [3.05, 3.63) is 24.3 Å². The Kier molecular flexibility index (Phi) is 4.14. The number of carbonyl (C=O) groups excluding carboxylic acids is 1. The zero-order valence-corrected chi connectivity index (χ0v) is 11.8. The molecular weight excluding hydrogens is 298 g/mol. The summed E-state index contributed by atoms with van der Waals surface area (Å²) in [6.07, 6.45) is 0.424. The topological polar surface area (TPSA) is 130 Å². The molecule has 21 heavy (non-hydrogen) atoms. The molecule has 1 saturated heterocycles. The molecule has 0 radical (unpaired) electrons. The van der Waals surface area contributed by atoms with Gasteiger partial charge in [0.05, 0.1) is 10.8 Å². The highest BCUT2D eigenvalue weighted by Gasteiger charge is 2.30. The first kappa shape index (κ1) is 15.3. The van der Waals surface area contributed by atoms with Crippen molar-refractivity contribution in [1.82, 2.24) is 4.90 Å². The van der Waals surface area contributed by atoms with Crippen molar-refractivity contribution in [2.75, 3.05) is 18.4 Å². The molecule has 1 atom stereocenters. The van der Waals surface area contributed by atoms with E-state index in [9.17, 15) is 18.0 Å². The number of nitrogens with zero attached hydrogens (tertiary/aromatic N) is 1. The number of benzene rings is 1. The number of primary sulfonamides is 1. The predicted octanol–water partition coefficient (Wildman–Crippen LogP) is 0.272. The maximum Gasteiger partial charge on any atom is 0.321 e. The number of sulfonamides is 1. The second-order valence-corrected chi connectivity index (χ2v) is 6.33. The van der Waals surface area contributed by atoms with E-state index in [1.54, 1.807) is 0 Å². The second-order valence-electron chi connectivity index (χ2n) is 4.77. The third kappa shape index (κ3) is 3.70. The van der Waals surface area contributed by atoms with E-state index >= 15 is 0 Å². The third-order valence-electron chi connectivity index (χ3n) is 3.26. The Balaban J connectivity index is 1.99. The normalized spacial score (nSPS) is 18.5. The second kappa shape index (κ2) is 5.70. The van der Waals surface area contributed by atoms with Gasteiger partial charge in [0.2, 0.25) is 10.0 Å². The number of carboxylic acid groups (broad SMARTS) is 1. The smallest absolute Gasteiger partial charge is 0.321 e. The van der Waals surface area contributed by atoms with E-state index in [2.05, 4.69) is 5.32 Å². The summed E-state index contributed by atoms with van der Waals surface area (Å²) in [5.41, 5.74) is 0.408. The average molecular weight is 313 g/mol. The lowest BCUT2D eigenvalue weighted by Crippen LogP contribution is -2.33. The van der Waals surface area contributed by atoms with Gasteiger partial charge in [0.25, 0.3) is 0 Å². The number of hydrogen-bond donors (Lipinski definition) is 3. The number of urea groups is 1. The van der Waals surface area contributed by atoms with Crippen molar-refractivity contribution < 1.29 is 23.1 Å². The first-order chi connectivity index (χ1) is 9.77. The molecule has 1 aliphatic rings. The Bertz CT molecular complexity index is 656. The van der Waals surface area contributed by atoms with E-state index in [0.29, 0.717) is 18.7 Å². The van der Waals surface area contributed by atoms with Crippen LogP contribution in [0.3, 0.4) is 0 Å². The van der Waals surface area contributed by atoms with E-state index in [4.69, 9.17) is 10.2 Å². The van der Waals surface area contributed by atoms with Crippen molar-refractivity contribution in [3.63, 3.8) is 0 Å². The number of carbonyl (C=O) groups is 2. The highest BCUT2D eigenvalue weighted by Crippen LogP contribution is 2.18. The fraction of sp³-hybridized carbons (Fsp3) is 0.333. The van der Waals surface area contributed by atoms with Crippen LogP contribution in [0.4, 0.5) is 10.5 Å². The number of aliphatic carboxylic acids is 1. The van der Waals surface area contributed by atoms with Crippen LogP contribution in [0.25, 0.3) is 0 Å². The van der Waals surface area contributed by atoms with Gasteiger partial charge < -0.3 is 15.3 Å². The van der Waals surface area contributed by atoms with Gasteiger partial charge in [0, 0.05) is 18.8 Å². The standard InChI is InChI=1S/C12H15N3O5S/c13-21(19,20)10-3-1-9(2-4-10)14-12(18)15-6-5-8(7-15)11(16)17/h1-4,8H,5-7H2,(H,14,18)(H,16,17)(H2,13,19,20). The van der Waals surface area contributed by atoms with Crippen LogP contribution in [0.15, 0.2) is 29.2 Å². The highest BCUT2D eigenvalue weighted by molar-refractivity contribution is 7.89. The maximum absolute atomic E-state index is 11.9. The molecule has 0 aromatic heterocycles. The van der Waals surface area contributed by atoms with Crippen LogP contribution >= 0.6 is 0 Å². The third-order valence-corrected chi connectivity index (χ3v) is 4.19. The van der Waals surface area contributed by atoms with Crippen LogP contribution in [0.5, 0.6) is 0 Å². The summed E-state index contributed by atoms with van der Waals surface area (Å²) < 4.78 is 22.2. The molecule has 2 rings (SSSR count). The molecule has 9 heteroatoms. The van der Waals surface area contributed by atoms with Crippen molar-refractivity contribution in [2.45, 2.75) is 11.3 Å². The Morgan fingerprint density at radius 2 is 1.90 bits per heavy atom. The molecule has 1 aromatic rings. The molecule has 8 nitrogen and oxygen atoms in total. The zero-order chi connectivity index (χ0) is 15.6. The van der Waals surface area contributed by atoms with Crippen molar-refractivity contribution in [1.29, 1.82) is 0 Å². The number of anilines is 1. The molecule has 1 heterocycles. The van der Waals surface area contributed by atoms with Gasteiger partial charge in [-0.25, -0.2) is 18.4 Å². The molecule has 4 N–H and O–H groups in total. The Morgan fingerprint density at radius 1 is 1.29 bits per heavy atom. The van der Waals surface area contributed by atoms with E-state index < -0.39 is 27.9 Å². The summed E-state index contributed by atoms with van der Waals surface area (Å²) in [4.78, 5) is 24.1. The largest absolute Gasteiger partial charge is 0.481 e. The van der Waals surface area contributed by atoms with Crippen LogP contribution in [0.1, 0.15) is 6.42 Å². The molecule has 114 valence electrons. The monoisotopic (exact) mass is 313 g/mol.